The van der Waals surface area contributed by atoms with Gasteiger partial charge >= 0.3 is 0 Å². The molecule has 0 amide bonds. The molecule has 1 aliphatic rings. The van der Waals surface area contributed by atoms with Gasteiger partial charge in [0.1, 0.15) is 0 Å². The molecule has 1 fully saturated rings. The highest BCUT2D eigenvalue weighted by Crippen LogP contribution is 2.39. The Morgan fingerprint density at radius 3 is 2.50 bits per heavy atom. The van der Waals surface area contributed by atoms with Crippen LogP contribution in [0.4, 0.5) is 8.78 Å². The van der Waals surface area contributed by atoms with E-state index in [0.29, 0.717) is 5.56 Å². The van der Waals surface area contributed by atoms with Crippen molar-refractivity contribution < 1.29 is 13.5 Å². The van der Waals surface area contributed by atoms with Gasteiger partial charge < -0.3 is 4.74 Å². The maximum Gasteiger partial charge on any atom is 0.201 e. The maximum absolute atomic E-state index is 14.1. The van der Waals surface area contributed by atoms with E-state index in [0.717, 1.165) is 37.9 Å². The molecule has 0 spiro atoms. The van der Waals surface area contributed by atoms with Crippen molar-refractivity contribution >= 4 is 0 Å². The molecule has 1 aromatic carbocycles. The third kappa shape index (κ3) is 3.20. The Labute approximate surface area is 119 Å². The van der Waals surface area contributed by atoms with Crippen LogP contribution in [0.15, 0.2) is 25.0 Å². The number of hydrogen-bond acceptors (Lipinski definition) is 1. The molecule has 0 aliphatic heterocycles. The maximum atomic E-state index is 14.1. The van der Waals surface area contributed by atoms with Gasteiger partial charge in [-0.3, -0.25) is 0 Å². The van der Waals surface area contributed by atoms with Crippen LogP contribution in [0.2, 0.25) is 0 Å². The first kappa shape index (κ1) is 15.0. The normalized spacial score (nSPS) is 22.6. The number of rotatable bonds is 5. The average Bonchev–Trinajstić information content (AvgIpc) is 2.46. The minimum atomic E-state index is -0.905. The molecule has 1 saturated carbocycles. The molecular formula is C17H22F2O. The van der Waals surface area contributed by atoms with E-state index in [9.17, 15) is 8.78 Å². The van der Waals surface area contributed by atoms with Gasteiger partial charge in [0.15, 0.2) is 11.6 Å². The van der Waals surface area contributed by atoms with E-state index in [4.69, 9.17) is 4.74 Å². The number of ether oxygens (including phenoxy) is 1. The lowest BCUT2D eigenvalue weighted by molar-refractivity contribution is 0.302. The van der Waals surface area contributed by atoms with Gasteiger partial charge in [0.25, 0.3) is 0 Å². The monoisotopic (exact) mass is 280 g/mol. The molecule has 20 heavy (non-hydrogen) atoms. The Hall–Kier alpha value is -1.38. The summed E-state index contributed by atoms with van der Waals surface area (Å²) in [7, 11) is 0. The number of hydrogen-bond donors (Lipinski definition) is 0. The average molecular weight is 280 g/mol. The van der Waals surface area contributed by atoms with Crippen LogP contribution in [0.5, 0.6) is 5.75 Å². The second kappa shape index (κ2) is 6.87. The molecule has 0 atom stereocenters. The Kier molecular flexibility index (Phi) is 5.16. The van der Waals surface area contributed by atoms with E-state index in [1.54, 1.807) is 6.07 Å². The Morgan fingerprint density at radius 1 is 1.20 bits per heavy atom. The van der Waals surface area contributed by atoms with E-state index >= 15 is 0 Å². The topological polar surface area (TPSA) is 9.23 Å². The fraction of sp³-hybridized carbons (Fsp3) is 0.529. The van der Waals surface area contributed by atoms with Crippen LogP contribution < -0.4 is 4.74 Å². The molecule has 1 aromatic rings. The summed E-state index contributed by atoms with van der Waals surface area (Å²) in [4.78, 5) is 0. The molecule has 0 saturated heterocycles. The molecule has 3 heteroatoms. The Morgan fingerprint density at radius 2 is 1.90 bits per heavy atom. The van der Waals surface area contributed by atoms with Gasteiger partial charge in [-0.1, -0.05) is 32.4 Å². The quantitative estimate of drug-likeness (QED) is 0.641. The third-order valence-corrected chi connectivity index (χ3v) is 4.27. The smallest absolute Gasteiger partial charge is 0.201 e. The predicted octanol–water partition coefficient (Wildman–Crippen LogP) is 5.56. The third-order valence-electron chi connectivity index (χ3n) is 4.27. The summed E-state index contributed by atoms with van der Waals surface area (Å²) in [6.07, 6.45) is 7.68. The molecule has 1 aliphatic carbocycles. The van der Waals surface area contributed by atoms with Crippen LogP contribution in [0, 0.1) is 17.6 Å². The van der Waals surface area contributed by atoms with E-state index in [1.165, 1.54) is 18.9 Å². The molecular weight excluding hydrogens is 258 g/mol. The van der Waals surface area contributed by atoms with Gasteiger partial charge in [-0.05, 0) is 49.1 Å². The second-order valence-electron chi connectivity index (χ2n) is 5.57. The summed E-state index contributed by atoms with van der Waals surface area (Å²) in [5.74, 6) is -0.870. The summed E-state index contributed by atoms with van der Waals surface area (Å²) in [6, 6.07) is 3.15. The predicted molar refractivity (Wildman–Crippen MR) is 76.8 cm³/mol. The van der Waals surface area contributed by atoms with Gasteiger partial charge in [-0.2, -0.15) is 4.39 Å². The van der Waals surface area contributed by atoms with Gasteiger partial charge in [0, 0.05) is 0 Å². The Balaban J connectivity index is 2.10. The van der Waals surface area contributed by atoms with Crippen LogP contribution in [0.1, 0.15) is 56.9 Å². The summed E-state index contributed by atoms with van der Waals surface area (Å²) in [6.45, 7) is 5.55. The standard InChI is InChI=1S/C17H22F2O/c1-3-5-12-6-8-13(9-7-12)14-10-11-15(20-4-2)17(19)16(14)18/h4,10-13H,2-3,5-9H2,1H3. The molecule has 110 valence electrons. The first-order valence-electron chi connectivity index (χ1n) is 7.42. The van der Waals surface area contributed by atoms with E-state index in [-0.39, 0.29) is 11.7 Å². The SMILES string of the molecule is C=COc1ccc(C2CCC(CCC)CC2)c(F)c1F. The van der Waals surface area contributed by atoms with Gasteiger partial charge in [0.2, 0.25) is 5.82 Å². The van der Waals surface area contributed by atoms with Crippen LogP contribution in [0.25, 0.3) is 0 Å². The first-order valence-corrected chi connectivity index (χ1v) is 7.42. The fourth-order valence-electron chi connectivity index (χ4n) is 3.21. The highest BCUT2D eigenvalue weighted by Gasteiger charge is 2.26. The van der Waals surface area contributed by atoms with Crippen molar-refractivity contribution in [1.29, 1.82) is 0 Å². The lowest BCUT2D eigenvalue weighted by atomic mass is 9.77. The lowest BCUT2D eigenvalue weighted by Gasteiger charge is -2.29. The number of halogens is 2. The highest BCUT2D eigenvalue weighted by molar-refractivity contribution is 5.33. The summed E-state index contributed by atoms with van der Waals surface area (Å²) >= 11 is 0. The molecule has 0 N–H and O–H groups in total. The van der Waals surface area contributed by atoms with Crippen molar-refractivity contribution in [3.8, 4) is 5.75 Å². The molecule has 0 aromatic heterocycles. The van der Waals surface area contributed by atoms with Gasteiger partial charge in [-0.15, -0.1) is 0 Å². The lowest BCUT2D eigenvalue weighted by Crippen LogP contribution is -2.14. The fourth-order valence-corrected chi connectivity index (χ4v) is 3.21. The minimum absolute atomic E-state index is 0.0964. The zero-order chi connectivity index (χ0) is 14.5. The van der Waals surface area contributed by atoms with E-state index in [1.807, 2.05) is 0 Å². The number of benzene rings is 1. The molecule has 1 nitrogen and oxygen atoms in total. The van der Waals surface area contributed by atoms with Crippen molar-refractivity contribution in [2.75, 3.05) is 0 Å². The van der Waals surface area contributed by atoms with Gasteiger partial charge in [-0.25, -0.2) is 4.39 Å². The van der Waals surface area contributed by atoms with Crippen molar-refractivity contribution in [2.24, 2.45) is 5.92 Å². The van der Waals surface area contributed by atoms with Crippen LogP contribution in [0.3, 0.4) is 0 Å². The van der Waals surface area contributed by atoms with Crippen molar-refractivity contribution in [1.82, 2.24) is 0 Å². The Bertz CT molecular complexity index is 462. The zero-order valence-corrected chi connectivity index (χ0v) is 12.0. The van der Waals surface area contributed by atoms with Gasteiger partial charge in [0.05, 0.1) is 6.26 Å². The van der Waals surface area contributed by atoms with Crippen LogP contribution in [-0.2, 0) is 0 Å². The minimum Gasteiger partial charge on any atom is -0.462 e. The van der Waals surface area contributed by atoms with Crippen LogP contribution in [-0.4, -0.2) is 0 Å². The zero-order valence-electron chi connectivity index (χ0n) is 12.0. The molecule has 0 radical (unpaired) electrons. The summed E-state index contributed by atoms with van der Waals surface area (Å²) < 4.78 is 32.8. The van der Waals surface area contributed by atoms with Crippen LogP contribution >= 0.6 is 0 Å². The summed E-state index contributed by atoms with van der Waals surface area (Å²) in [5.41, 5.74) is 0.494. The summed E-state index contributed by atoms with van der Waals surface area (Å²) in [5, 5.41) is 0. The van der Waals surface area contributed by atoms with E-state index < -0.39 is 11.6 Å². The first-order chi connectivity index (χ1) is 9.67. The van der Waals surface area contributed by atoms with E-state index in [2.05, 4.69) is 13.5 Å². The highest BCUT2D eigenvalue weighted by atomic mass is 19.2. The molecule has 0 heterocycles. The second-order valence-corrected chi connectivity index (χ2v) is 5.57. The molecule has 0 unspecified atom stereocenters. The largest absolute Gasteiger partial charge is 0.462 e. The molecule has 0 bridgehead atoms. The van der Waals surface area contributed by atoms with Crippen molar-refractivity contribution in [3.63, 3.8) is 0 Å². The van der Waals surface area contributed by atoms with Crippen molar-refractivity contribution in [2.45, 2.75) is 51.4 Å². The molecule has 2 rings (SSSR count). The van der Waals surface area contributed by atoms with Crippen molar-refractivity contribution in [3.05, 3.63) is 42.2 Å².